The second kappa shape index (κ2) is 11.4. The maximum Gasteiger partial charge on any atom is 0.355 e. The van der Waals surface area contributed by atoms with Gasteiger partial charge in [0.25, 0.3) is 11.7 Å². The van der Waals surface area contributed by atoms with E-state index in [4.69, 9.17) is 4.74 Å². The Morgan fingerprint density at radius 2 is 1.20 bits per heavy atom. The second-order valence-electron chi connectivity index (χ2n) is 11.0. The number of benzene rings is 4. The van der Waals surface area contributed by atoms with E-state index in [1.807, 2.05) is 13.8 Å². The molecular weight excluding hydrogens is 584 g/mol. The summed E-state index contributed by atoms with van der Waals surface area (Å²) in [4.78, 5) is 74.2. The van der Waals surface area contributed by atoms with Crippen molar-refractivity contribution in [3.63, 3.8) is 0 Å². The Morgan fingerprint density at radius 3 is 1.72 bits per heavy atom. The fourth-order valence-corrected chi connectivity index (χ4v) is 5.99. The number of carbonyl (C=O) groups is 5. The van der Waals surface area contributed by atoms with Crippen molar-refractivity contribution < 1.29 is 33.8 Å². The zero-order valence-electron chi connectivity index (χ0n) is 25.2. The Kier molecular flexibility index (Phi) is 7.45. The number of nitrogens with zero attached hydrogens (tertiary/aromatic N) is 2. The van der Waals surface area contributed by atoms with E-state index in [2.05, 4.69) is 0 Å². The van der Waals surface area contributed by atoms with Gasteiger partial charge in [-0.15, -0.1) is 0 Å². The van der Waals surface area contributed by atoms with E-state index in [0.29, 0.717) is 0 Å². The minimum absolute atomic E-state index is 0.0750. The Hall–Kier alpha value is -6.09. The van der Waals surface area contributed by atoms with Crippen LogP contribution in [0.4, 0.5) is 11.4 Å². The van der Waals surface area contributed by atoms with Crippen LogP contribution in [0.15, 0.2) is 126 Å². The fraction of sp³-hybridized carbons (Fsp3) is 0.108. The standard InChI is InChI=1S/C37H28N2O7/c1-22-14-18-26(19-15-22)38-30(35(44)46-3)28(31(40)24-10-6-4-7-11-24)37(36(38)45)29(32(41)25-12-8-5-9-13-25)33(42)34(43)39(37)27-20-16-23(2)17-21-27/h4-21,41H,1-3H3. The number of ether oxygens (including phenoxy) is 1. The number of anilines is 2. The predicted molar refractivity (Wildman–Crippen MR) is 171 cm³/mol. The lowest BCUT2D eigenvalue weighted by Crippen LogP contribution is -2.56. The largest absolute Gasteiger partial charge is 0.507 e. The third-order valence-corrected chi connectivity index (χ3v) is 8.17. The van der Waals surface area contributed by atoms with Gasteiger partial charge in [0.1, 0.15) is 11.5 Å². The van der Waals surface area contributed by atoms with Gasteiger partial charge >= 0.3 is 11.9 Å². The van der Waals surface area contributed by atoms with Crippen molar-refractivity contribution in [3.05, 3.63) is 148 Å². The van der Waals surface area contributed by atoms with Crippen LogP contribution in [0.5, 0.6) is 0 Å². The van der Waals surface area contributed by atoms with Gasteiger partial charge in [0, 0.05) is 22.5 Å². The van der Waals surface area contributed by atoms with Crippen LogP contribution in [0.3, 0.4) is 0 Å². The highest BCUT2D eigenvalue weighted by Crippen LogP contribution is 2.53. The molecule has 46 heavy (non-hydrogen) atoms. The first kappa shape index (κ1) is 30.0. The minimum atomic E-state index is -2.61. The number of hydrogen-bond acceptors (Lipinski definition) is 7. The lowest BCUT2D eigenvalue weighted by atomic mass is 9.77. The molecule has 1 fully saturated rings. The summed E-state index contributed by atoms with van der Waals surface area (Å²) in [6, 6.07) is 28.8. The van der Waals surface area contributed by atoms with Crippen LogP contribution in [0.2, 0.25) is 0 Å². The molecule has 2 amide bonds. The summed E-state index contributed by atoms with van der Waals surface area (Å²) in [6.45, 7) is 3.66. The highest BCUT2D eigenvalue weighted by Gasteiger charge is 2.71. The third-order valence-electron chi connectivity index (χ3n) is 8.17. The van der Waals surface area contributed by atoms with Gasteiger partial charge < -0.3 is 9.84 Å². The number of carbonyl (C=O) groups excluding carboxylic acids is 5. The molecule has 1 atom stereocenters. The predicted octanol–water partition coefficient (Wildman–Crippen LogP) is 5.28. The number of aryl methyl sites for hydroxylation is 2. The van der Waals surface area contributed by atoms with Crippen molar-refractivity contribution in [3.8, 4) is 0 Å². The summed E-state index contributed by atoms with van der Waals surface area (Å²) in [5.74, 6) is -5.92. The molecule has 0 saturated carbocycles. The first-order chi connectivity index (χ1) is 22.1. The zero-order valence-corrected chi connectivity index (χ0v) is 25.2. The maximum absolute atomic E-state index is 15.3. The molecule has 4 aromatic carbocycles. The molecule has 4 aromatic rings. The maximum atomic E-state index is 15.3. The lowest BCUT2D eigenvalue weighted by molar-refractivity contribution is -0.136. The molecule has 2 aliphatic heterocycles. The molecule has 2 heterocycles. The number of rotatable bonds is 6. The van der Waals surface area contributed by atoms with Gasteiger partial charge in [-0.1, -0.05) is 96.1 Å². The van der Waals surface area contributed by atoms with Gasteiger partial charge in [-0.3, -0.25) is 29.0 Å². The summed E-state index contributed by atoms with van der Waals surface area (Å²) in [5.41, 5.74) is -2.09. The molecule has 228 valence electrons. The number of ketones is 2. The number of esters is 1. The van der Waals surface area contributed by atoms with Crippen LogP contribution >= 0.6 is 0 Å². The highest BCUT2D eigenvalue weighted by atomic mass is 16.5. The van der Waals surface area contributed by atoms with E-state index in [-0.39, 0.29) is 22.5 Å². The zero-order chi connectivity index (χ0) is 32.7. The van der Waals surface area contributed by atoms with Crippen molar-refractivity contribution in [1.29, 1.82) is 0 Å². The topological polar surface area (TPSA) is 121 Å². The van der Waals surface area contributed by atoms with E-state index >= 15 is 4.79 Å². The Bertz CT molecular complexity index is 1980. The molecule has 6 rings (SSSR count). The van der Waals surface area contributed by atoms with Crippen LogP contribution < -0.4 is 9.80 Å². The quantitative estimate of drug-likeness (QED) is 0.103. The first-order valence-corrected chi connectivity index (χ1v) is 14.4. The third kappa shape index (κ3) is 4.44. The average Bonchev–Trinajstić information content (AvgIpc) is 3.47. The van der Waals surface area contributed by atoms with Crippen molar-refractivity contribution in [2.24, 2.45) is 0 Å². The van der Waals surface area contributed by atoms with Crippen molar-refractivity contribution in [1.82, 2.24) is 0 Å². The lowest BCUT2D eigenvalue weighted by Gasteiger charge is -2.35. The first-order valence-electron chi connectivity index (χ1n) is 14.4. The van der Waals surface area contributed by atoms with E-state index in [1.54, 1.807) is 72.8 Å². The van der Waals surface area contributed by atoms with Crippen molar-refractivity contribution >= 4 is 46.5 Å². The Balaban J connectivity index is 1.82. The van der Waals surface area contributed by atoms with Crippen molar-refractivity contribution in [2.75, 3.05) is 16.9 Å². The number of amides is 2. The van der Waals surface area contributed by atoms with Gasteiger partial charge in [-0.25, -0.2) is 4.79 Å². The molecule has 1 unspecified atom stereocenters. The summed E-state index contributed by atoms with van der Waals surface area (Å²) >= 11 is 0. The minimum Gasteiger partial charge on any atom is -0.507 e. The molecule has 9 heteroatoms. The SMILES string of the molecule is COC(=O)C1=C(C(=O)c2ccccc2)C2(C(=O)N1c1ccc(C)cc1)C(=C(O)c1ccccc1)C(=O)C(=O)N2c1ccc(C)cc1. The molecule has 9 nitrogen and oxygen atoms in total. The molecule has 0 aliphatic carbocycles. The van der Waals surface area contributed by atoms with E-state index < -0.39 is 57.5 Å². The van der Waals surface area contributed by atoms with Crippen molar-refractivity contribution in [2.45, 2.75) is 19.4 Å². The number of Topliss-reactive ketones (excluding diaryl/α,β-unsaturated/α-hetero) is 2. The molecule has 2 aliphatic rings. The number of aliphatic hydroxyl groups excluding tert-OH is 1. The molecular formula is C37H28N2O7. The average molecular weight is 613 g/mol. The Morgan fingerprint density at radius 1 is 0.696 bits per heavy atom. The molecule has 1 spiro atoms. The van der Waals surface area contributed by atoms with Gasteiger partial charge in [0.05, 0.1) is 18.3 Å². The van der Waals surface area contributed by atoms with E-state index in [1.165, 1.54) is 36.4 Å². The normalized spacial score (nSPS) is 18.9. The monoisotopic (exact) mass is 612 g/mol. The van der Waals surface area contributed by atoms with Gasteiger partial charge in [0.2, 0.25) is 0 Å². The van der Waals surface area contributed by atoms with E-state index in [0.717, 1.165) is 28.0 Å². The fourth-order valence-electron chi connectivity index (χ4n) is 5.99. The molecule has 0 radical (unpaired) electrons. The smallest absolute Gasteiger partial charge is 0.355 e. The molecule has 1 saturated heterocycles. The highest BCUT2D eigenvalue weighted by molar-refractivity contribution is 6.57. The summed E-state index contributed by atoms with van der Waals surface area (Å²) < 4.78 is 5.16. The molecule has 1 N–H and O–H groups in total. The number of hydrogen-bond donors (Lipinski definition) is 1. The summed E-state index contributed by atoms with van der Waals surface area (Å²) in [6.07, 6.45) is 0. The van der Waals surface area contributed by atoms with Crippen LogP contribution in [0.1, 0.15) is 27.0 Å². The molecule has 0 aromatic heterocycles. The van der Waals surface area contributed by atoms with Crippen LogP contribution in [-0.4, -0.2) is 47.1 Å². The summed E-state index contributed by atoms with van der Waals surface area (Å²) in [7, 11) is 1.10. The summed E-state index contributed by atoms with van der Waals surface area (Å²) in [5, 5.41) is 11.9. The number of methoxy groups -OCH3 is 1. The van der Waals surface area contributed by atoms with Gasteiger partial charge in [-0.05, 0) is 38.1 Å². The van der Waals surface area contributed by atoms with Crippen LogP contribution in [0.25, 0.3) is 5.76 Å². The second-order valence-corrected chi connectivity index (χ2v) is 11.0. The van der Waals surface area contributed by atoms with Gasteiger partial charge in [-0.2, -0.15) is 0 Å². The van der Waals surface area contributed by atoms with Crippen LogP contribution in [-0.2, 0) is 23.9 Å². The Labute approximate surface area is 264 Å². The number of aliphatic hydroxyl groups is 1. The van der Waals surface area contributed by atoms with E-state index in [9.17, 15) is 24.3 Å². The van der Waals surface area contributed by atoms with Gasteiger partial charge in [0.15, 0.2) is 11.3 Å². The van der Waals surface area contributed by atoms with Crippen LogP contribution in [0, 0.1) is 13.8 Å². The molecule has 0 bridgehead atoms.